The summed E-state index contributed by atoms with van der Waals surface area (Å²) in [6, 6.07) is 9.72. The molecule has 0 unspecified atom stereocenters. The lowest BCUT2D eigenvalue weighted by Gasteiger charge is -2.26. The fourth-order valence-corrected chi connectivity index (χ4v) is 5.33. The molecule has 6 nitrogen and oxygen atoms in total. The molecule has 0 atom stereocenters. The predicted octanol–water partition coefficient (Wildman–Crippen LogP) is 4.37. The molecule has 3 rings (SSSR count). The SMILES string of the molecule is CNc1c(I)cc(/C=C2\C(=O)NC(=O)N(c3cccc(Br)c3)C2=O)cc1I. The van der Waals surface area contributed by atoms with Crippen LogP contribution in [0.4, 0.5) is 16.2 Å². The minimum absolute atomic E-state index is 0.0987. The normalized spacial score (nSPS) is 15.9. The van der Waals surface area contributed by atoms with E-state index < -0.39 is 17.8 Å². The Balaban J connectivity index is 2.04. The summed E-state index contributed by atoms with van der Waals surface area (Å²) in [6.45, 7) is 0. The second-order valence-corrected chi connectivity index (χ2v) is 8.79. The fourth-order valence-electron chi connectivity index (χ4n) is 2.59. The molecule has 1 saturated heterocycles. The molecule has 0 spiro atoms. The molecule has 2 aromatic rings. The largest absolute Gasteiger partial charge is 0.386 e. The van der Waals surface area contributed by atoms with E-state index in [1.54, 1.807) is 24.3 Å². The summed E-state index contributed by atoms with van der Waals surface area (Å²) >= 11 is 7.69. The van der Waals surface area contributed by atoms with Crippen molar-refractivity contribution >= 4 is 96.4 Å². The number of hydrogen-bond acceptors (Lipinski definition) is 4. The molecule has 138 valence electrons. The van der Waals surface area contributed by atoms with Crippen molar-refractivity contribution in [2.24, 2.45) is 0 Å². The molecule has 0 saturated carbocycles. The van der Waals surface area contributed by atoms with Gasteiger partial charge in [-0.2, -0.15) is 0 Å². The number of halogens is 3. The number of nitrogens with zero attached hydrogens (tertiary/aromatic N) is 1. The van der Waals surface area contributed by atoms with Gasteiger partial charge in [0.2, 0.25) is 0 Å². The Morgan fingerprint density at radius 1 is 1.11 bits per heavy atom. The Labute approximate surface area is 191 Å². The molecular weight excluding hydrogens is 640 g/mol. The zero-order valence-electron chi connectivity index (χ0n) is 13.8. The lowest BCUT2D eigenvalue weighted by molar-refractivity contribution is -0.122. The lowest BCUT2D eigenvalue weighted by atomic mass is 10.1. The number of hydrogen-bond donors (Lipinski definition) is 2. The van der Waals surface area contributed by atoms with Crippen molar-refractivity contribution in [3.8, 4) is 0 Å². The lowest BCUT2D eigenvalue weighted by Crippen LogP contribution is -2.54. The van der Waals surface area contributed by atoms with Gasteiger partial charge in [0, 0.05) is 18.7 Å². The fraction of sp³-hybridized carbons (Fsp3) is 0.0556. The van der Waals surface area contributed by atoms with E-state index in [1.807, 2.05) is 19.2 Å². The van der Waals surface area contributed by atoms with Crippen molar-refractivity contribution in [1.82, 2.24) is 5.32 Å². The number of imide groups is 2. The highest BCUT2D eigenvalue weighted by Crippen LogP contribution is 2.29. The molecule has 0 aromatic heterocycles. The van der Waals surface area contributed by atoms with Crippen LogP contribution >= 0.6 is 61.1 Å². The number of anilines is 2. The molecule has 2 N–H and O–H groups in total. The first kappa shape index (κ1) is 20.3. The van der Waals surface area contributed by atoms with E-state index in [9.17, 15) is 14.4 Å². The molecule has 0 aliphatic carbocycles. The molecule has 1 aliphatic heterocycles. The van der Waals surface area contributed by atoms with Gasteiger partial charge in [0.1, 0.15) is 5.57 Å². The average Bonchev–Trinajstić information content (AvgIpc) is 2.58. The van der Waals surface area contributed by atoms with Crippen LogP contribution in [0.3, 0.4) is 0 Å². The molecule has 1 fully saturated rings. The summed E-state index contributed by atoms with van der Waals surface area (Å²) in [6.07, 6.45) is 1.50. The number of nitrogens with one attached hydrogen (secondary N) is 2. The summed E-state index contributed by atoms with van der Waals surface area (Å²) in [4.78, 5) is 38.4. The third-order valence-electron chi connectivity index (χ3n) is 3.79. The van der Waals surface area contributed by atoms with Crippen LogP contribution in [-0.2, 0) is 9.59 Å². The van der Waals surface area contributed by atoms with Crippen LogP contribution < -0.4 is 15.5 Å². The summed E-state index contributed by atoms with van der Waals surface area (Å²) in [5.41, 5.74) is 1.95. The maximum atomic E-state index is 12.9. The summed E-state index contributed by atoms with van der Waals surface area (Å²) in [5, 5.41) is 5.34. The van der Waals surface area contributed by atoms with Crippen LogP contribution in [0.2, 0.25) is 0 Å². The minimum Gasteiger partial charge on any atom is -0.386 e. The van der Waals surface area contributed by atoms with Crippen molar-refractivity contribution in [2.75, 3.05) is 17.3 Å². The van der Waals surface area contributed by atoms with Gasteiger partial charge in [-0.1, -0.05) is 22.0 Å². The molecule has 0 radical (unpaired) electrons. The summed E-state index contributed by atoms with van der Waals surface area (Å²) < 4.78 is 2.63. The first-order valence-corrected chi connectivity index (χ1v) is 10.6. The summed E-state index contributed by atoms with van der Waals surface area (Å²) in [7, 11) is 1.83. The number of amides is 4. The van der Waals surface area contributed by atoms with E-state index in [2.05, 4.69) is 71.7 Å². The van der Waals surface area contributed by atoms with Gasteiger partial charge in [0.05, 0.1) is 11.4 Å². The third-order valence-corrected chi connectivity index (χ3v) is 5.99. The Morgan fingerprint density at radius 3 is 2.37 bits per heavy atom. The second kappa shape index (κ2) is 8.27. The van der Waals surface area contributed by atoms with Gasteiger partial charge < -0.3 is 5.32 Å². The van der Waals surface area contributed by atoms with Gasteiger partial charge in [0.25, 0.3) is 11.8 Å². The molecule has 1 heterocycles. The minimum atomic E-state index is -0.769. The van der Waals surface area contributed by atoms with Crippen molar-refractivity contribution in [2.45, 2.75) is 0 Å². The van der Waals surface area contributed by atoms with Gasteiger partial charge in [-0.05, 0) is 87.2 Å². The quantitative estimate of drug-likeness (QED) is 0.294. The standard InChI is InChI=1S/C18H12BrI2N3O3/c1-22-15-13(20)6-9(7-14(15)21)5-12-16(25)23-18(27)24(17(12)26)11-4-2-3-10(19)8-11/h2-8,22H,1H3,(H,23,25,27)/b12-5+. The topological polar surface area (TPSA) is 78.5 Å². The smallest absolute Gasteiger partial charge is 0.335 e. The highest BCUT2D eigenvalue weighted by atomic mass is 127. The van der Waals surface area contributed by atoms with E-state index >= 15 is 0 Å². The number of urea groups is 1. The number of carbonyl (C=O) groups is 3. The van der Waals surface area contributed by atoms with Crippen molar-refractivity contribution < 1.29 is 14.4 Å². The maximum absolute atomic E-state index is 12.9. The highest BCUT2D eigenvalue weighted by molar-refractivity contribution is 14.1. The number of carbonyl (C=O) groups excluding carboxylic acids is 3. The van der Waals surface area contributed by atoms with E-state index in [0.717, 1.165) is 22.2 Å². The zero-order valence-corrected chi connectivity index (χ0v) is 19.7. The van der Waals surface area contributed by atoms with E-state index in [0.29, 0.717) is 11.3 Å². The molecule has 2 aromatic carbocycles. The van der Waals surface area contributed by atoms with Gasteiger partial charge in [0.15, 0.2) is 0 Å². The first-order chi connectivity index (χ1) is 12.8. The van der Waals surface area contributed by atoms with Gasteiger partial charge >= 0.3 is 6.03 Å². The highest BCUT2D eigenvalue weighted by Gasteiger charge is 2.36. The number of barbiturate groups is 1. The van der Waals surface area contributed by atoms with Crippen LogP contribution in [0.25, 0.3) is 6.08 Å². The number of benzene rings is 2. The first-order valence-electron chi connectivity index (χ1n) is 7.65. The zero-order chi connectivity index (χ0) is 19.7. The maximum Gasteiger partial charge on any atom is 0.335 e. The predicted molar refractivity (Wildman–Crippen MR) is 125 cm³/mol. The van der Waals surface area contributed by atoms with Gasteiger partial charge in [-0.3, -0.25) is 14.9 Å². The van der Waals surface area contributed by atoms with E-state index in [4.69, 9.17) is 0 Å². The van der Waals surface area contributed by atoms with Crippen LogP contribution in [-0.4, -0.2) is 24.9 Å². The van der Waals surface area contributed by atoms with Crippen LogP contribution in [0, 0.1) is 7.14 Å². The monoisotopic (exact) mass is 651 g/mol. The molecule has 1 aliphatic rings. The Bertz CT molecular complexity index is 984. The second-order valence-electron chi connectivity index (χ2n) is 5.55. The van der Waals surface area contributed by atoms with Crippen LogP contribution in [0.5, 0.6) is 0 Å². The molecular formula is C18H12BrI2N3O3. The van der Waals surface area contributed by atoms with Crippen molar-refractivity contribution in [3.05, 3.63) is 59.1 Å². The molecule has 4 amide bonds. The van der Waals surface area contributed by atoms with Crippen LogP contribution in [0.15, 0.2) is 46.4 Å². The van der Waals surface area contributed by atoms with E-state index in [1.165, 1.54) is 6.08 Å². The van der Waals surface area contributed by atoms with Crippen molar-refractivity contribution in [1.29, 1.82) is 0 Å². The van der Waals surface area contributed by atoms with Gasteiger partial charge in [-0.15, -0.1) is 0 Å². The van der Waals surface area contributed by atoms with Crippen molar-refractivity contribution in [3.63, 3.8) is 0 Å². The average molecular weight is 652 g/mol. The molecule has 0 bridgehead atoms. The van der Waals surface area contributed by atoms with E-state index in [-0.39, 0.29) is 5.57 Å². The third kappa shape index (κ3) is 4.19. The number of rotatable bonds is 3. The summed E-state index contributed by atoms with van der Waals surface area (Å²) in [5.74, 6) is -1.37. The van der Waals surface area contributed by atoms with Crippen LogP contribution in [0.1, 0.15) is 5.56 Å². The van der Waals surface area contributed by atoms with Gasteiger partial charge in [-0.25, -0.2) is 9.69 Å². The Hall–Kier alpha value is -1.47. The Morgan fingerprint density at radius 2 is 1.78 bits per heavy atom. The molecule has 27 heavy (non-hydrogen) atoms. The Kier molecular flexibility index (Phi) is 6.21. The molecule has 9 heteroatoms.